The lowest BCUT2D eigenvalue weighted by atomic mass is 9.98. The molecule has 234 valence electrons. The number of tetrazole rings is 1. The van der Waals surface area contributed by atoms with Crippen molar-refractivity contribution in [2.45, 2.75) is 58.7 Å². The van der Waals surface area contributed by atoms with Gasteiger partial charge >= 0.3 is 5.97 Å². The highest BCUT2D eigenvalue weighted by molar-refractivity contribution is 6.30. The minimum atomic E-state index is -1.01. The Labute approximate surface area is 271 Å². The Morgan fingerprint density at radius 3 is 2.48 bits per heavy atom. The van der Waals surface area contributed by atoms with E-state index in [0.717, 1.165) is 40.9 Å². The number of fused-ring (bicyclic) bond motifs is 1. The zero-order valence-electron chi connectivity index (χ0n) is 25.9. The minimum Gasteiger partial charge on any atom is -0.461 e. The van der Waals surface area contributed by atoms with Crippen LogP contribution in [-0.4, -0.2) is 46.8 Å². The number of aromatic nitrogens is 7. The average Bonchev–Trinajstić information content (AvgIpc) is 3.70. The summed E-state index contributed by atoms with van der Waals surface area (Å²) >= 11 is 6.31. The molecular weight excluding hydrogens is 602 g/mol. The van der Waals surface area contributed by atoms with Crippen LogP contribution in [0.5, 0.6) is 0 Å². The van der Waals surface area contributed by atoms with Crippen molar-refractivity contribution >= 4 is 28.6 Å². The fourth-order valence-corrected chi connectivity index (χ4v) is 5.86. The highest BCUT2D eigenvalue weighted by Gasteiger charge is 2.28. The van der Waals surface area contributed by atoms with Gasteiger partial charge in [-0.1, -0.05) is 85.6 Å². The van der Waals surface area contributed by atoms with Crippen LogP contribution in [0.15, 0.2) is 89.9 Å². The summed E-state index contributed by atoms with van der Waals surface area (Å²) in [6, 6.07) is 23.8. The van der Waals surface area contributed by atoms with Gasteiger partial charge in [-0.2, -0.15) is 5.21 Å². The number of halogens is 1. The first-order valence-electron chi connectivity index (χ1n) is 15.3. The summed E-state index contributed by atoms with van der Waals surface area (Å²) in [7, 11) is 0. The molecule has 6 aromatic rings. The number of H-pyrrole nitrogens is 1. The van der Waals surface area contributed by atoms with Gasteiger partial charge in [0.05, 0.1) is 11.6 Å². The van der Waals surface area contributed by atoms with Crippen molar-refractivity contribution in [3.8, 4) is 22.5 Å². The molecule has 6 rings (SSSR count). The van der Waals surface area contributed by atoms with Crippen molar-refractivity contribution in [1.29, 1.82) is 0 Å². The number of rotatable bonds is 11. The number of aromatic amines is 1. The van der Waals surface area contributed by atoms with E-state index in [0.29, 0.717) is 40.4 Å². The number of aryl methyl sites for hydroxylation is 1. The van der Waals surface area contributed by atoms with Gasteiger partial charge in [-0.15, -0.1) is 10.2 Å². The molecule has 3 aromatic carbocycles. The maximum Gasteiger partial charge on any atom is 0.334 e. The fourth-order valence-electron chi connectivity index (χ4n) is 5.66. The molecule has 0 aliphatic rings. The number of carbonyl (C=O) groups is 1. The van der Waals surface area contributed by atoms with E-state index in [1.807, 2.05) is 41.0 Å². The zero-order valence-corrected chi connectivity index (χ0v) is 26.6. The molecule has 0 aliphatic carbocycles. The van der Waals surface area contributed by atoms with Crippen LogP contribution >= 0.6 is 11.6 Å². The Morgan fingerprint density at radius 2 is 1.78 bits per heavy atom. The quantitative estimate of drug-likeness (QED) is 0.159. The lowest BCUT2D eigenvalue weighted by molar-refractivity contribution is -0.150. The van der Waals surface area contributed by atoms with Crippen LogP contribution in [0.1, 0.15) is 56.6 Å². The number of hydrogen-bond acceptors (Lipinski definition) is 7. The summed E-state index contributed by atoms with van der Waals surface area (Å²) in [6.07, 6.45) is 3.89. The first-order chi connectivity index (χ1) is 22.3. The number of ether oxygens (including phenoxy) is 1. The van der Waals surface area contributed by atoms with Gasteiger partial charge in [-0.3, -0.25) is 9.36 Å². The third kappa shape index (κ3) is 6.34. The predicted octanol–water partition coefficient (Wildman–Crippen LogP) is 6.63. The second kappa shape index (κ2) is 13.5. The van der Waals surface area contributed by atoms with E-state index < -0.39 is 12.0 Å². The first-order valence-corrected chi connectivity index (χ1v) is 15.7. The van der Waals surface area contributed by atoms with Crippen LogP contribution in [0.3, 0.4) is 0 Å². The molecule has 3 heterocycles. The number of nitrogens with zero attached hydrogens (tertiary/aromatic N) is 6. The number of nitrogens with one attached hydrogen (secondary N) is 1. The Hall–Kier alpha value is -5.09. The van der Waals surface area contributed by atoms with E-state index >= 15 is 0 Å². The second-order valence-corrected chi connectivity index (χ2v) is 11.8. The van der Waals surface area contributed by atoms with Gasteiger partial charge in [0, 0.05) is 29.7 Å². The summed E-state index contributed by atoms with van der Waals surface area (Å²) in [5, 5.41) is 15.0. The molecule has 0 aliphatic heterocycles. The van der Waals surface area contributed by atoms with E-state index in [2.05, 4.69) is 39.7 Å². The van der Waals surface area contributed by atoms with Gasteiger partial charge in [0.15, 0.2) is 6.04 Å². The zero-order chi connectivity index (χ0) is 32.2. The molecule has 0 fully saturated rings. The minimum absolute atomic E-state index is 0.330. The van der Waals surface area contributed by atoms with Crippen LogP contribution in [0.25, 0.3) is 33.5 Å². The Bertz CT molecular complexity index is 2030. The molecule has 0 amide bonds. The van der Waals surface area contributed by atoms with Crippen molar-refractivity contribution in [3.63, 3.8) is 0 Å². The molecule has 0 saturated carbocycles. The first kappa shape index (κ1) is 30.9. The maximum absolute atomic E-state index is 14.3. The molecule has 0 bridgehead atoms. The molecule has 46 heavy (non-hydrogen) atoms. The van der Waals surface area contributed by atoms with Gasteiger partial charge in [-0.25, -0.2) is 9.78 Å². The monoisotopic (exact) mass is 635 g/mol. The number of esters is 1. The van der Waals surface area contributed by atoms with E-state index in [1.54, 1.807) is 50.4 Å². The van der Waals surface area contributed by atoms with Crippen LogP contribution in [0.4, 0.5) is 0 Å². The van der Waals surface area contributed by atoms with Crippen LogP contribution in [0, 0.1) is 0 Å². The number of hydrogen-bond donors (Lipinski definition) is 1. The number of unbranched alkanes of at least 4 members (excludes halogenated alkanes) is 1. The standard InChI is InChI=1S/C35H34ClN7O3/c1-4-5-13-30-37-29-18-19-42(31(35(45)46-22(2)3)25-9-8-10-26(36)20-25)34(44)32(29)43(30)21-23-14-16-24(17-15-23)27-11-6-7-12-28(27)33-38-40-41-39-33/h6-12,14-20,22,31H,4-5,13,21H2,1-3H3,(H,38,39,40,41). The Morgan fingerprint density at radius 1 is 1.00 bits per heavy atom. The molecule has 3 aromatic heterocycles. The number of pyridine rings is 1. The van der Waals surface area contributed by atoms with Gasteiger partial charge < -0.3 is 9.30 Å². The highest BCUT2D eigenvalue weighted by Crippen LogP contribution is 2.30. The average molecular weight is 636 g/mol. The van der Waals surface area contributed by atoms with Crippen molar-refractivity contribution < 1.29 is 9.53 Å². The van der Waals surface area contributed by atoms with E-state index in [1.165, 1.54) is 4.57 Å². The maximum atomic E-state index is 14.3. The third-order valence-corrected chi connectivity index (χ3v) is 8.03. The van der Waals surface area contributed by atoms with E-state index in [-0.39, 0.29) is 11.7 Å². The van der Waals surface area contributed by atoms with Gasteiger partial charge in [-0.05, 0) is 65.9 Å². The van der Waals surface area contributed by atoms with Crippen molar-refractivity contribution in [1.82, 2.24) is 34.7 Å². The van der Waals surface area contributed by atoms with Crippen LogP contribution < -0.4 is 5.56 Å². The van der Waals surface area contributed by atoms with E-state index in [9.17, 15) is 9.59 Å². The molecular formula is C35H34ClN7O3. The lowest BCUT2D eigenvalue weighted by Gasteiger charge is -2.21. The summed E-state index contributed by atoms with van der Waals surface area (Å²) in [4.78, 5) is 32.7. The molecule has 0 saturated heterocycles. The topological polar surface area (TPSA) is 121 Å². The highest BCUT2D eigenvalue weighted by atomic mass is 35.5. The number of benzene rings is 3. The lowest BCUT2D eigenvalue weighted by Crippen LogP contribution is -2.33. The molecule has 1 atom stereocenters. The third-order valence-electron chi connectivity index (χ3n) is 7.79. The largest absolute Gasteiger partial charge is 0.461 e. The molecule has 0 spiro atoms. The molecule has 1 N–H and O–H groups in total. The second-order valence-electron chi connectivity index (χ2n) is 11.4. The molecule has 11 heteroatoms. The summed E-state index contributed by atoms with van der Waals surface area (Å²) < 4.78 is 9.02. The predicted molar refractivity (Wildman–Crippen MR) is 178 cm³/mol. The van der Waals surface area contributed by atoms with E-state index in [4.69, 9.17) is 21.3 Å². The van der Waals surface area contributed by atoms with Crippen molar-refractivity contribution in [2.24, 2.45) is 0 Å². The molecule has 0 radical (unpaired) electrons. The smallest absolute Gasteiger partial charge is 0.334 e. The summed E-state index contributed by atoms with van der Waals surface area (Å²) in [6.45, 7) is 6.12. The molecule has 1 unspecified atom stereocenters. The van der Waals surface area contributed by atoms with Gasteiger partial charge in [0.1, 0.15) is 11.3 Å². The van der Waals surface area contributed by atoms with Crippen molar-refractivity contribution in [3.05, 3.63) is 117 Å². The fraction of sp³-hybridized carbons (Fsp3) is 0.257. The van der Waals surface area contributed by atoms with Crippen LogP contribution in [-0.2, 0) is 22.5 Å². The Kier molecular flexibility index (Phi) is 9.07. The summed E-state index contributed by atoms with van der Waals surface area (Å²) in [5.74, 6) is 0.810. The molecule has 10 nitrogen and oxygen atoms in total. The van der Waals surface area contributed by atoms with Crippen LogP contribution in [0.2, 0.25) is 5.02 Å². The van der Waals surface area contributed by atoms with Gasteiger partial charge in [0.25, 0.3) is 5.56 Å². The van der Waals surface area contributed by atoms with Crippen molar-refractivity contribution in [2.75, 3.05) is 0 Å². The SMILES string of the molecule is CCCCc1nc2ccn(C(C(=O)OC(C)C)c3cccc(Cl)c3)c(=O)c2n1Cc1ccc(-c2ccccc2-c2nn[nH]n2)cc1. The van der Waals surface area contributed by atoms with Gasteiger partial charge in [0.2, 0.25) is 5.82 Å². The Balaban J connectivity index is 1.42. The number of imidazole rings is 1. The number of carbonyl (C=O) groups excluding carboxylic acids is 1. The summed E-state index contributed by atoms with van der Waals surface area (Å²) in [5.41, 5.74) is 5.11. The normalized spacial score (nSPS) is 12.1.